The van der Waals surface area contributed by atoms with Crippen molar-refractivity contribution in [1.82, 2.24) is 10.9 Å². The van der Waals surface area contributed by atoms with E-state index in [1.807, 2.05) is 0 Å². The smallest absolute Gasteiger partial charge is 0.279 e. The first-order chi connectivity index (χ1) is 10.1. The molecule has 1 aliphatic heterocycles. The predicted molar refractivity (Wildman–Crippen MR) is 76.8 cm³/mol. The molecule has 0 radical (unpaired) electrons. The van der Waals surface area contributed by atoms with Gasteiger partial charge in [-0.2, -0.15) is 0 Å². The maximum Gasteiger partial charge on any atom is 0.279 e. The number of hydrogen-bond acceptors (Lipinski definition) is 4. The number of carbonyl (C=O) groups excluding carboxylic acids is 2. The first kappa shape index (κ1) is 15.6. The summed E-state index contributed by atoms with van der Waals surface area (Å²) in [5, 5.41) is 0.417. The second-order valence-corrected chi connectivity index (χ2v) is 5.08. The number of ether oxygens (including phenoxy) is 2. The van der Waals surface area contributed by atoms with E-state index in [0.29, 0.717) is 23.8 Å². The third kappa shape index (κ3) is 4.34. The van der Waals surface area contributed by atoms with E-state index in [1.165, 1.54) is 0 Å². The van der Waals surface area contributed by atoms with Gasteiger partial charge in [-0.05, 0) is 31.9 Å². The highest BCUT2D eigenvalue weighted by atomic mass is 35.5. The van der Waals surface area contributed by atoms with E-state index in [9.17, 15) is 9.59 Å². The van der Waals surface area contributed by atoms with E-state index in [-0.39, 0.29) is 5.91 Å². The van der Waals surface area contributed by atoms with E-state index in [2.05, 4.69) is 10.9 Å². The van der Waals surface area contributed by atoms with E-state index in [0.717, 1.165) is 6.42 Å². The summed E-state index contributed by atoms with van der Waals surface area (Å²) in [4.78, 5) is 23.5. The van der Waals surface area contributed by atoms with Crippen LogP contribution in [0.15, 0.2) is 24.3 Å². The lowest BCUT2D eigenvalue weighted by molar-refractivity contribution is -0.136. The van der Waals surface area contributed by atoms with Crippen molar-refractivity contribution in [2.75, 3.05) is 6.61 Å². The first-order valence-corrected chi connectivity index (χ1v) is 7.08. The lowest BCUT2D eigenvalue weighted by Crippen LogP contribution is -2.50. The Hall–Kier alpha value is -1.79. The van der Waals surface area contributed by atoms with Crippen molar-refractivity contribution in [3.05, 3.63) is 29.3 Å². The first-order valence-electron chi connectivity index (χ1n) is 6.70. The number of carbonyl (C=O) groups is 2. The van der Waals surface area contributed by atoms with Gasteiger partial charge in [0.2, 0.25) is 0 Å². The summed E-state index contributed by atoms with van der Waals surface area (Å²) in [6.07, 6.45) is 0.214. The molecule has 114 valence electrons. The molecule has 1 aliphatic rings. The third-order valence-corrected chi connectivity index (χ3v) is 3.35. The van der Waals surface area contributed by atoms with E-state index in [1.54, 1.807) is 31.2 Å². The van der Waals surface area contributed by atoms with Crippen molar-refractivity contribution in [1.29, 1.82) is 0 Å². The van der Waals surface area contributed by atoms with Gasteiger partial charge in [0.05, 0.1) is 5.02 Å². The van der Waals surface area contributed by atoms with E-state index >= 15 is 0 Å². The van der Waals surface area contributed by atoms with Crippen LogP contribution in [0.5, 0.6) is 5.75 Å². The number of benzene rings is 1. The molecule has 21 heavy (non-hydrogen) atoms. The molecule has 1 fully saturated rings. The Kier molecular flexibility index (Phi) is 5.41. The Labute approximate surface area is 127 Å². The molecule has 2 atom stereocenters. The van der Waals surface area contributed by atoms with Gasteiger partial charge in [-0.1, -0.05) is 23.7 Å². The summed E-state index contributed by atoms with van der Waals surface area (Å²) in [6.45, 7) is 2.13. The Morgan fingerprint density at radius 1 is 1.38 bits per heavy atom. The molecule has 2 N–H and O–H groups in total. The fraction of sp³-hybridized carbons (Fsp3) is 0.429. The van der Waals surface area contributed by atoms with Crippen LogP contribution in [0, 0.1) is 0 Å². The van der Waals surface area contributed by atoms with Gasteiger partial charge in [0.15, 0.2) is 6.10 Å². The number of para-hydroxylation sites is 1. The second kappa shape index (κ2) is 7.28. The van der Waals surface area contributed by atoms with Crippen LogP contribution in [0.2, 0.25) is 5.02 Å². The van der Waals surface area contributed by atoms with Crippen molar-refractivity contribution >= 4 is 23.4 Å². The Morgan fingerprint density at radius 2 is 2.14 bits per heavy atom. The fourth-order valence-corrected chi connectivity index (χ4v) is 2.05. The van der Waals surface area contributed by atoms with Crippen LogP contribution in [0.4, 0.5) is 0 Å². The van der Waals surface area contributed by atoms with Crippen molar-refractivity contribution in [3.63, 3.8) is 0 Å². The number of halogens is 1. The van der Waals surface area contributed by atoms with Gasteiger partial charge in [0.25, 0.3) is 11.8 Å². The topological polar surface area (TPSA) is 76.7 Å². The number of nitrogens with one attached hydrogen (secondary N) is 2. The van der Waals surface area contributed by atoms with Crippen molar-refractivity contribution in [2.45, 2.75) is 32.0 Å². The monoisotopic (exact) mass is 312 g/mol. The van der Waals surface area contributed by atoms with Crippen LogP contribution in [0.3, 0.4) is 0 Å². The van der Waals surface area contributed by atoms with Crippen LogP contribution in [-0.2, 0) is 14.3 Å². The average molecular weight is 313 g/mol. The normalized spacial score (nSPS) is 18.9. The minimum absolute atomic E-state index is 0.356. The Morgan fingerprint density at radius 3 is 2.81 bits per heavy atom. The van der Waals surface area contributed by atoms with Crippen LogP contribution in [0.25, 0.3) is 0 Å². The van der Waals surface area contributed by atoms with Crippen molar-refractivity contribution in [3.8, 4) is 5.75 Å². The zero-order valence-corrected chi connectivity index (χ0v) is 12.4. The molecule has 0 aromatic heterocycles. The summed E-state index contributed by atoms with van der Waals surface area (Å²) >= 11 is 5.94. The maximum absolute atomic E-state index is 11.8. The van der Waals surface area contributed by atoms with Gasteiger partial charge >= 0.3 is 0 Å². The molecule has 6 nitrogen and oxygen atoms in total. The number of hydrazine groups is 1. The lowest BCUT2D eigenvalue weighted by Gasteiger charge is -2.17. The molecule has 1 heterocycles. The largest absolute Gasteiger partial charge is 0.479 e. The van der Waals surface area contributed by atoms with Crippen LogP contribution in [-0.4, -0.2) is 30.6 Å². The zero-order chi connectivity index (χ0) is 15.2. The average Bonchev–Trinajstić information content (AvgIpc) is 3.01. The van der Waals surface area contributed by atoms with Crippen LogP contribution < -0.4 is 15.6 Å². The van der Waals surface area contributed by atoms with E-state index in [4.69, 9.17) is 21.1 Å². The summed E-state index contributed by atoms with van der Waals surface area (Å²) in [5.41, 5.74) is 4.64. The highest BCUT2D eigenvalue weighted by molar-refractivity contribution is 6.32. The molecule has 0 saturated carbocycles. The molecule has 7 heteroatoms. The predicted octanol–water partition coefficient (Wildman–Crippen LogP) is 1.43. The van der Waals surface area contributed by atoms with Gasteiger partial charge in [-0.25, -0.2) is 0 Å². The standard InChI is InChI=1S/C14H17ClN2O4/c1-9(21-11-6-3-2-5-10(11)15)13(18)16-17-14(19)12-7-4-8-20-12/h2-3,5-6,9,12H,4,7-8H2,1H3,(H,16,18)(H,17,19). The quantitative estimate of drug-likeness (QED) is 0.825. The fourth-order valence-electron chi connectivity index (χ4n) is 1.87. The minimum Gasteiger partial charge on any atom is -0.479 e. The molecule has 2 rings (SSSR count). The number of hydrogen-bond donors (Lipinski definition) is 2. The summed E-state index contributed by atoms with van der Waals surface area (Å²) in [5.74, 6) is -0.417. The molecule has 2 unspecified atom stereocenters. The zero-order valence-electron chi connectivity index (χ0n) is 11.6. The highest BCUT2D eigenvalue weighted by Gasteiger charge is 2.24. The minimum atomic E-state index is -0.797. The number of rotatable bonds is 4. The third-order valence-electron chi connectivity index (χ3n) is 3.04. The van der Waals surface area contributed by atoms with Crippen LogP contribution >= 0.6 is 11.6 Å². The van der Waals surface area contributed by atoms with Gasteiger partial charge in [-0.3, -0.25) is 20.4 Å². The van der Waals surface area contributed by atoms with Gasteiger partial charge < -0.3 is 9.47 Å². The highest BCUT2D eigenvalue weighted by Crippen LogP contribution is 2.24. The lowest BCUT2D eigenvalue weighted by atomic mass is 10.2. The molecule has 2 amide bonds. The van der Waals surface area contributed by atoms with E-state index < -0.39 is 18.1 Å². The second-order valence-electron chi connectivity index (χ2n) is 4.67. The van der Waals surface area contributed by atoms with Gasteiger partial charge in [0.1, 0.15) is 11.9 Å². The summed E-state index contributed by atoms with van der Waals surface area (Å²) in [6, 6.07) is 6.85. The number of amides is 2. The van der Waals surface area contributed by atoms with Crippen molar-refractivity contribution < 1.29 is 19.1 Å². The van der Waals surface area contributed by atoms with Gasteiger partial charge in [-0.15, -0.1) is 0 Å². The Balaban J connectivity index is 1.80. The maximum atomic E-state index is 11.8. The molecule has 0 aliphatic carbocycles. The van der Waals surface area contributed by atoms with Crippen molar-refractivity contribution in [2.24, 2.45) is 0 Å². The molecular formula is C14H17ClN2O4. The summed E-state index contributed by atoms with van der Waals surface area (Å²) < 4.78 is 10.6. The van der Waals surface area contributed by atoms with Crippen LogP contribution in [0.1, 0.15) is 19.8 Å². The molecule has 0 spiro atoms. The molecule has 1 aromatic rings. The molecule has 1 aromatic carbocycles. The van der Waals surface area contributed by atoms with Gasteiger partial charge in [0, 0.05) is 6.61 Å². The molecule has 1 saturated heterocycles. The Bertz CT molecular complexity index is 517. The summed E-state index contributed by atoms with van der Waals surface area (Å²) in [7, 11) is 0. The molecular weight excluding hydrogens is 296 g/mol. The SMILES string of the molecule is CC(Oc1ccccc1Cl)C(=O)NNC(=O)C1CCCO1. The molecule has 0 bridgehead atoms.